The first-order valence-electron chi connectivity index (χ1n) is 15.4. The van der Waals surface area contributed by atoms with E-state index in [1.807, 2.05) is 0 Å². The number of aryl methyl sites for hydroxylation is 1. The largest absolute Gasteiger partial charge is 0.0654 e. The van der Waals surface area contributed by atoms with Crippen LogP contribution in [0, 0.1) is 11.8 Å². The number of hydrogen-bond acceptors (Lipinski definition) is 0. The van der Waals surface area contributed by atoms with Crippen LogP contribution in [-0.4, -0.2) is 9.52 Å². The van der Waals surface area contributed by atoms with Gasteiger partial charge in [-0.1, -0.05) is 154 Å². The molecule has 0 saturated heterocycles. The van der Waals surface area contributed by atoms with Crippen molar-refractivity contribution in [3.05, 3.63) is 35.4 Å². The van der Waals surface area contributed by atoms with E-state index in [-0.39, 0.29) is 9.52 Å². The van der Waals surface area contributed by atoms with E-state index in [0.717, 1.165) is 17.4 Å². The third-order valence-electron chi connectivity index (χ3n) is 8.54. The van der Waals surface area contributed by atoms with E-state index in [0.29, 0.717) is 0 Å². The van der Waals surface area contributed by atoms with Gasteiger partial charge < -0.3 is 0 Å². The Morgan fingerprint density at radius 2 is 1.24 bits per heavy atom. The van der Waals surface area contributed by atoms with Crippen molar-refractivity contribution in [2.75, 3.05) is 0 Å². The molecule has 0 nitrogen and oxygen atoms in total. The highest BCUT2D eigenvalue weighted by atomic mass is 28.2. The van der Waals surface area contributed by atoms with Gasteiger partial charge >= 0.3 is 0 Å². The summed E-state index contributed by atoms with van der Waals surface area (Å²) in [5.41, 5.74) is 4.19. The minimum absolute atomic E-state index is 0.0293. The first-order chi connectivity index (χ1) is 16.3. The second-order valence-corrected chi connectivity index (χ2v) is 13.7. The van der Waals surface area contributed by atoms with Crippen LogP contribution in [0.1, 0.15) is 153 Å². The van der Waals surface area contributed by atoms with Crippen molar-refractivity contribution in [1.82, 2.24) is 0 Å². The van der Waals surface area contributed by atoms with Crippen molar-refractivity contribution in [2.24, 2.45) is 11.8 Å². The standard InChI is InChI=1S/C32H58Si/c1-4-7-10-11-12-13-15-28-17-19-29(20-18-28)21-22-30-23-25-31(26-24-30)32(16-9-6-3)33-27-14-8-5-2/h23-26,28-29,32H,4-22,27,33H2,1-3H3. The predicted molar refractivity (Wildman–Crippen MR) is 153 cm³/mol. The Labute approximate surface area is 210 Å². The summed E-state index contributed by atoms with van der Waals surface area (Å²) in [7, 11) is 0.0293. The van der Waals surface area contributed by atoms with Crippen molar-refractivity contribution in [3.63, 3.8) is 0 Å². The Balaban J connectivity index is 1.65. The molecule has 33 heavy (non-hydrogen) atoms. The molecule has 2 rings (SSSR count). The van der Waals surface area contributed by atoms with Crippen LogP contribution < -0.4 is 0 Å². The van der Waals surface area contributed by atoms with Crippen molar-refractivity contribution in [2.45, 2.75) is 154 Å². The molecule has 1 atom stereocenters. The van der Waals surface area contributed by atoms with Crippen molar-refractivity contribution in [3.8, 4) is 0 Å². The van der Waals surface area contributed by atoms with E-state index in [1.165, 1.54) is 122 Å². The molecule has 1 heteroatoms. The second-order valence-electron chi connectivity index (χ2n) is 11.4. The molecule has 0 amide bonds. The Hall–Kier alpha value is -0.563. The molecule has 1 aliphatic carbocycles. The quantitative estimate of drug-likeness (QED) is 0.139. The number of rotatable bonds is 19. The third kappa shape index (κ3) is 12.6. The van der Waals surface area contributed by atoms with Crippen LogP contribution in [0.4, 0.5) is 0 Å². The smallest absolute Gasteiger partial charge is 0.0287 e. The molecular formula is C32H58Si. The zero-order valence-electron chi connectivity index (χ0n) is 22.9. The maximum Gasteiger partial charge on any atom is 0.0287 e. The van der Waals surface area contributed by atoms with Crippen LogP contribution in [-0.2, 0) is 6.42 Å². The highest BCUT2D eigenvalue weighted by Gasteiger charge is 2.20. The number of unbranched alkanes of at least 4 members (excludes halogenated alkanes) is 8. The monoisotopic (exact) mass is 470 g/mol. The molecule has 1 saturated carbocycles. The summed E-state index contributed by atoms with van der Waals surface area (Å²) >= 11 is 0. The zero-order chi connectivity index (χ0) is 23.6. The molecule has 1 aromatic carbocycles. The van der Waals surface area contributed by atoms with Crippen LogP contribution in [0.3, 0.4) is 0 Å². The summed E-state index contributed by atoms with van der Waals surface area (Å²) in [4.78, 5) is 0. The summed E-state index contributed by atoms with van der Waals surface area (Å²) < 4.78 is 0. The lowest BCUT2D eigenvalue weighted by Crippen LogP contribution is -2.15. The van der Waals surface area contributed by atoms with Gasteiger partial charge in [-0.15, -0.1) is 0 Å². The molecule has 0 aliphatic heterocycles. The maximum absolute atomic E-state index is 2.51. The Bertz CT molecular complexity index is 554. The summed E-state index contributed by atoms with van der Waals surface area (Å²) in [6.45, 7) is 6.99. The van der Waals surface area contributed by atoms with Crippen LogP contribution in [0.25, 0.3) is 0 Å². The van der Waals surface area contributed by atoms with E-state index in [1.54, 1.807) is 17.2 Å². The minimum atomic E-state index is 0.0293. The number of hydrogen-bond donors (Lipinski definition) is 0. The van der Waals surface area contributed by atoms with Crippen LogP contribution in [0.5, 0.6) is 0 Å². The van der Waals surface area contributed by atoms with Gasteiger partial charge in [0.1, 0.15) is 0 Å². The van der Waals surface area contributed by atoms with Gasteiger partial charge in [-0.2, -0.15) is 0 Å². The van der Waals surface area contributed by atoms with Crippen LogP contribution in [0.15, 0.2) is 24.3 Å². The molecular weight excluding hydrogens is 412 g/mol. The molecule has 0 bridgehead atoms. The van der Waals surface area contributed by atoms with Gasteiger partial charge in [-0.25, -0.2) is 0 Å². The molecule has 0 spiro atoms. The van der Waals surface area contributed by atoms with Crippen molar-refractivity contribution < 1.29 is 0 Å². The van der Waals surface area contributed by atoms with Gasteiger partial charge in [0, 0.05) is 9.52 Å². The molecule has 0 heterocycles. The molecule has 1 fully saturated rings. The zero-order valence-corrected chi connectivity index (χ0v) is 24.3. The molecule has 1 aliphatic rings. The molecule has 190 valence electrons. The summed E-state index contributed by atoms with van der Waals surface area (Å²) in [5, 5.41) is 0. The van der Waals surface area contributed by atoms with E-state index < -0.39 is 0 Å². The molecule has 1 aromatic rings. The lowest BCUT2D eigenvalue weighted by molar-refractivity contribution is 0.248. The van der Waals surface area contributed by atoms with E-state index in [2.05, 4.69) is 45.0 Å². The van der Waals surface area contributed by atoms with Gasteiger partial charge in [-0.3, -0.25) is 0 Å². The summed E-state index contributed by atoms with van der Waals surface area (Å²) in [6.07, 6.45) is 27.5. The number of benzene rings is 1. The predicted octanol–water partition coefficient (Wildman–Crippen LogP) is 10.2. The third-order valence-corrected chi connectivity index (χ3v) is 11.0. The Morgan fingerprint density at radius 3 is 1.91 bits per heavy atom. The summed E-state index contributed by atoms with van der Waals surface area (Å²) in [6, 6.07) is 11.5. The highest BCUT2D eigenvalue weighted by molar-refractivity contribution is 6.37. The molecule has 0 radical (unpaired) electrons. The van der Waals surface area contributed by atoms with E-state index in [4.69, 9.17) is 0 Å². The molecule has 0 aromatic heterocycles. The Morgan fingerprint density at radius 1 is 0.667 bits per heavy atom. The fourth-order valence-corrected chi connectivity index (χ4v) is 8.41. The van der Waals surface area contributed by atoms with Gasteiger partial charge in [-0.05, 0) is 47.8 Å². The maximum atomic E-state index is 2.51. The van der Waals surface area contributed by atoms with Gasteiger partial charge in [0.25, 0.3) is 0 Å². The van der Waals surface area contributed by atoms with Crippen molar-refractivity contribution >= 4 is 9.52 Å². The first kappa shape index (κ1) is 28.7. The average molecular weight is 471 g/mol. The lowest BCUT2D eigenvalue weighted by Gasteiger charge is -2.28. The summed E-state index contributed by atoms with van der Waals surface area (Å²) in [5.74, 6) is 2.04. The SMILES string of the molecule is CCCCCCCCC1CCC(CCc2ccc(C(CCCC)[SiH2]CCCCC)cc2)CC1. The van der Waals surface area contributed by atoms with Gasteiger partial charge in [0.15, 0.2) is 0 Å². The van der Waals surface area contributed by atoms with Crippen LogP contribution in [0.2, 0.25) is 6.04 Å². The fraction of sp³-hybridized carbons (Fsp3) is 0.812. The lowest BCUT2D eigenvalue weighted by atomic mass is 9.77. The average Bonchev–Trinajstić information content (AvgIpc) is 2.85. The molecule has 0 N–H and O–H groups in total. The van der Waals surface area contributed by atoms with Gasteiger partial charge in [0.05, 0.1) is 0 Å². The highest BCUT2D eigenvalue weighted by Crippen LogP contribution is 2.34. The Kier molecular flexibility index (Phi) is 16.3. The first-order valence-corrected chi connectivity index (χ1v) is 17.2. The van der Waals surface area contributed by atoms with Crippen molar-refractivity contribution in [1.29, 1.82) is 0 Å². The topological polar surface area (TPSA) is 0 Å². The van der Waals surface area contributed by atoms with Gasteiger partial charge in [0.2, 0.25) is 0 Å². The van der Waals surface area contributed by atoms with E-state index >= 15 is 0 Å². The normalized spacial score (nSPS) is 20.0. The second kappa shape index (κ2) is 18.7. The van der Waals surface area contributed by atoms with E-state index in [9.17, 15) is 0 Å². The van der Waals surface area contributed by atoms with Crippen LogP contribution >= 0.6 is 0 Å². The fourth-order valence-electron chi connectivity index (χ4n) is 6.10. The molecule has 1 unspecified atom stereocenters. The minimum Gasteiger partial charge on any atom is -0.0654 e.